The van der Waals surface area contributed by atoms with Crippen molar-refractivity contribution in [2.24, 2.45) is 11.8 Å². The van der Waals surface area contributed by atoms with Crippen LogP contribution in [0.5, 0.6) is 0 Å². The summed E-state index contributed by atoms with van der Waals surface area (Å²) in [5, 5.41) is 24.3. The third kappa shape index (κ3) is 11.8. The molecule has 1 rings (SSSR count). The zero-order valence-corrected chi connectivity index (χ0v) is 21.2. The number of ketones is 2. The summed E-state index contributed by atoms with van der Waals surface area (Å²) in [5.74, 6) is -1.54. The molecule has 0 aliphatic rings. The van der Waals surface area contributed by atoms with Crippen LogP contribution in [0.15, 0.2) is 24.3 Å². The number of hydroxylamine groups is 2. The summed E-state index contributed by atoms with van der Waals surface area (Å²) in [6.45, 7) is 7.34. The van der Waals surface area contributed by atoms with E-state index in [1.807, 2.05) is 27.7 Å². The van der Waals surface area contributed by atoms with Gasteiger partial charge in [-0.05, 0) is 30.5 Å². The molecule has 2 amide bonds. The van der Waals surface area contributed by atoms with Crippen molar-refractivity contribution in [3.63, 3.8) is 0 Å². The number of carbonyl (C=O) groups is 4. The minimum absolute atomic E-state index is 0.0226. The molecule has 0 fully saturated rings. The van der Waals surface area contributed by atoms with E-state index in [1.165, 1.54) is 24.3 Å². The molecule has 12 nitrogen and oxygen atoms in total. The standard InChI is InChI=1S/C24H38N4O8/c1-15(2)9-25-11-20(32)21(13-29)35-27-12-19(31)17-6-5-7-18(8-17)23(33)28-36-22(14-30)24(34)26-10-16(3)4/h5-8,15-16,21-22,25,27,29-30H,9-14H2,1-4H3,(H,26,34)(H,28,33)/t21-,22-/m1/s1. The van der Waals surface area contributed by atoms with Crippen molar-refractivity contribution in [3.8, 4) is 0 Å². The lowest BCUT2D eigenvalue weighted by molar-refractivity contribution is -0.140. The van der Waals surface area contributed by atoms with Gasteiger partial charge in [-0.25, -0.2) is 5.48 Å². The van der Waals surface area contributed by atoms with Crippen LogP contribution in [-0.4, -0.2) is 85.2 Å². The van der Waals surface area contributed by atoms with Crippen LogP contribution in [0.3, 0.4) is 0 Å². The lowest BCUT2D eigenvalue weighted by Crippen LogP contribution is -2.44. The highest BCUT2D eigenvalue weighted by molar-refractivity contribution is 6.01. The van der Waals surface area contributed by atoms with E-state index in [0.29, 0.717) is 19.0 Å². The van der Waals surface area contributed by atoms with Crippen LogP contribution in [0.1, 0.15) is 48.4 Å². The van der Waals surface area contributed by atoms with Crippen molar-refractivity contribution in [2.45, 2.75) is 39.9 Å². The minimum Gasteiger partial charge on any atom is -0.393 e. The Morgan fingerprint density at radius 2 is 1.50 bits per heavy atom. The molecule has 36 heavy (non-hydrogen) atoms. The Hall–Kier alpha value is -2.74. The summed E-state index contributed by atoms with van der Waals surface area (Å²) in [4.78, 5) is 59.2. The average molecular weight is 511 g/mol. The molecule has 6 N–H and O–H groups in total. The van der Waals surface area contributed by atoms with E-state index in [1.54, 1.807) is 0 Å². The first-order chi connectivity index (χ1) is 17.1. The van der Waals surface area contributed by atoms with Gasteiger partial charge < -0.3 is 20.8 Å². The molecule has 0 saturated carbocycles. The number of aliphatic hydroxyl groups excluding tert-OH is 2. The molecule has 1 aromatic rings. The maximum Gasteiger partial charge on any atom is 0.274 e. The third-order valence-corrected chi connectivity index (χ3v) is 4.72. The number of hydrogen-bond donors (Lipinski definition) is 6. The van der Waals surface area contributed by atoms with Gasteiger partial charge in [0, 0.05) is 17.7 Å². The second kappa shape index (κ2) is 16.8. The van der Waals surface area contributed by atoms with Crippen LogP contribution in [0.2, 0.25) is 0 Å². The van der Waals surface area contributed by atoms with Gasteiger partial charge in [-0.1, -0.05) is 39.8 Å². The van der Waals surface area contributed by atoms with Gasteiger partial charge in [0.25, 0.3) is 11.8 Å². The summed E-state index contributed by atoms with van der Waals surface area (Å²) in [6.07, 6.45) is -2.43. The van der Waals surface area contributed by atoms with Crippen molar-refractivity contribution in [3.05, 3.63) is 35.4 Å². The van der Waals surface area contributed by atoms with E-state index in [-0.39, 0.29) is 35.9 Å². The van der Waals surface area contributed by atoms with E-state index in [4.69, 9.17) is 9.68 Å². The zero-order valence-electron chi connectivity index (χ0n) is 21.2. The minimum atomic E-state index is -1.29. The molecule has 0 aliphatic carbocycles. The Morgan fingerprint density at radius 1 is 0.861 bits per heavy atom. The third-order valence-electron chi connectivity index (χ3n) is 4.72. The van der Waals surface area contributed by atoms with Crippen LogP contribution >= 0.6 is 0 Å². The number of hydrogen-bond acceptors (Lipinski definition) is 10. The Kier molecular flexibility index (Phi) is 14.6. The maximum absolute atomic E-state index is 12.5. The highest BCUT2D eigenvalue weighted by Gasteiger charge is 2.21. The molecule has 0 bridgehead atoms. The quantitative estimate of drug-likeness (QED) is 0.110. The Bertz CT molecular complexity index is 862. The Balaban J connectivity index is 2.58. The fourth-order valence-electron chi connectivity index (χ4n) is 2.72. The Labute approximate surface area is 211 Å². The van der Waals surface area contributed by atoms with Crippen molar-refractivity contribution >= 4 is 23.4 Å². The first-order valence-electron chi connectivity index (χ1n) is 11.8. The molecule has 202 valence electrons. The summed E-state index contributed by atoms with van der Waals surface area (Å²) in [7, 11) is 0. The molecule has 1 aromatic carbocycles. The number of Topliss-reactive ketones (excluding diaryl/α,β-unsaturated/α-hetero) is 2. The lowest BCUT2D eigenvalue weighted by atomic mass is 10.1. The van der Waals surface area contributed by atoms with Gasteiger partial charge >= 0.3 is 0 Å². The van der Waals surface area contributed by atoms with E-state index < -0.39 is 43.0 Å². The highest BCUT2D eigenvalue weighted by Crippen LogP contribution is 2.07. The number of amides is 2. The molecule has 0 unspecified atom stereocenters. The van der Waals surface area contributed by atoms with Crippen molar-refractivity contribution in [1.82, 2.24) is 21.6 Å². The zero-order chi connectivity index (χ0) is 27.1. The largest absolute Gasteiger partial charge is 0.393 e. The number of nitrogens with one attached hydrogen (secondary N) is 4. The smallest absolute Gasteiger partial charge is 0.274 e. The van der Waals surface area contributed by atoms with Gasteiger partial charge in [0.1, 0.15) is 0 Å². The monoisotopic (exact) mass is 510 g/mol. The molecular formula is C24H38N4O8. The predicted molar refractivity (Wildman–Crippen MR) is 131 cm³/mol. The molecule has 0 aromatic heterocycles. The second-order valence-electron chi connectivity index (χ2n) is 8.96. The van der Waals surface area contributed by atoms with Gasteiger partial charge in [0.05, 0.1) is 26.3 Å². The summed E-state index contributed by atoms with van der Waals surface area (Å²) in [6, 6.07) is 5.74. The van der Waals surface area contributed by atoms with Gasteiger partial charge in [-0.2, -0.15) is 5.48 Å². The molecule has 0 aliphatic heterocycles. The topological polar surface area (TPSA) is 175 Å². The maximum atomic E-state index is 12.5. The van der Waals surface area contributed by atoms with E-state index in [2.05, 4.69) is 21.6 Å². The normalized spacial score (nSPS) is 12.9. The van der Waals surface area contributed by atoms with E-state index >= 15 is 0 Å². The van der Waals surface area contributed by atoms with Crippen LogP contribution in [0.4, 0.5) is 0 Å². The van der Waals surface area contributed by atoms with Crippen LogP contribution in [-0.2, 0) is 19.3 Å². The number of benzene rings is 1. The molecule has 0 spiro atoms. The van der Waals surface area contributed by atoms with Crippen molar-refractivity contribution in [1.29, 1.82) is 0 Å². The first kappa shape index (κ1) is 31.3. The van der Waals surface area contributed by atoms with Crippen LogP contribution < -0.4 is 21.6 Å². The Morgan fingerprint density at radius 3 is 2.11 bits per heavy atom. The van der Waals surface area contributed by atoms with Crippen molar-refractivity contribution < 1.29 is 39.1 Å². The number of aliphatic hydroxyl groups is 2. The molecule has 0 radical (unpaired) electrons. The molecule has 0 saturated heterocycles. The highest BCUT2D eigenvalue weighted by atomic mass is 16.7. The summed E-state index contributed by atoms with van der Waals surface area (Å²) >= 11 is 0. The first-order valence-corrected chi connectivity index (χ1v) is 11.8. The van der Waals surface area contributed by atoms with Gasteiger partial charge in [0.15, 0.2) is 23.8 Å². The fraction of sp³-hybridized carbons (Fsp3) is 0.583. The summed E-state index contributed by atoms with van der Waals surface area (Å²) in [5.41, 5.74) is 4.75. The molecule has 2 atom stereocenters. The number of rotatable bonds is 18. The molecular weight excluding hydrogens is 472 g/mol. The fourth-order valence-corrected chi connectivity index (χ4v) is 2.72. The van der Waals surface area contributed by atoms with E-state index in [9.17, 15) is 29.4 Å². The predicted octanol–water partition coefficient (Wildman–Crippen LogP) is -0.639. The van der Waals surface area contributed by atoms with Crippen LogP contribution in [0.25, 0.3) is 0 Å². The SMILES string of the molecule is CC(C)CNCC(=O)[C@@H](CO)ONCC(=O)c1cccc(C(=O)NO[C@H](CO)C(=O)NCC(C)C)c1. The molecule has 0 heterocycles. The summed E-state index contributed by atoms with van der Waals surface area (Å²) < 4.78 is 0. The average Bonchev–Trinajstić information content (AvgIpc) is 2.85. The van der Waals surface area contributed by atoms with Gasteiger partial charge in [-0.3, -0.25) is 28.9 Å². The van der Waals surface area contributed by atoms with E-state index in [0.717, 1.165) is 0 Å². The van der Waals surface area contributed by atoms with Crippen LogP contribution in [0, 0.1) is 11.8 Å². The van der Waals surface area contributed by atoms with Gasteiger partial charge in [0.2, 0.25) is 0 Å². The van der Waals surface area contributed by atoms with Gasteiger partial charge in [-0.15, -0.1) is 0 Å². The number of carbonyl (C=O) groups excluding carboxylic acids is 4. The lowest BCUT2D eigenvalue weighted by Gasteiger charge is -2.16. The molecule has 12 heteroatoms. The van der Waals surface area contributed by atoms with Crippen molar-refractivity contribution in [2.75, 3.05) is 39.4 Å². The second-order valence-corrected chi connectivity index (χ2v) is 8.96.